The molecule has 1 amide bonds. The third kappa shape index (κ3) is 4.93. The smallest absolute Gasteiger partial charge is 0.264 e. The van der Waals surface area contributed by atoms with E-state index in [0.717, 1.165) is 26.9 Å². The maximum Gasteiger partial charge on any atom is 0.264 e. The lowest BCUT2D eigenvalue weighted by molar-refractivity contribution is -0.118. The van der Waals surface area contributed by atoms with Gasteiger partial charge in [0.15, 0.2) is 11.7 Å². The first-order valence-corrected chi connectivity index (χ1v) is 9.46. The number of amides is 1. The molecule has 3 rings (SSSR count). The van der Waals surface area contributed by atoms with Gasteiger partial charge in [0, 0.05) is 4.47 Å². The molecule has 7 heteroatoms. The molecule has 0 radical (unpaired) electrons. The number of nitrogens with zero attached hydrogens (tertiary/aromatic N) is 1. The Morgan fingerprint density at radius 1 is 1.20 bits per heavy atom. The van der Waals surface area contributed by atoms with Gasteiger partial charge in [-0.15, -0.1) is 0 Å². The maximum absolute atomic E-state index is 12.0. The van der Waals surface area contributed by atoms with Crippen LogP contribution in [0.5, 0.6) is 11.5 Å². The van der Waals surface area contributed by atoms with Crippen molar-refractivity contribution in [3.63, 3.8) is 0 Å². The summed E-state index contributed by atoms with van der Waals surface area (Å²) in [4.78, 5) is 16.5. The van der Waals surface area contributed by atoms with Gasteiger partial charge in [0.2, 0.25) is 0 Å². The number of anilines is 1. The molecule has 0 fully saturated rings. The van der Waals surface area contributed by atoms with Crippen LogP contribution in [0.2, 0.25) is 0 Å². The van der Waals surface area contributed by atoms with Crippen LogP contribution in [0.3, 0.4) is 0 Å². The number of hydrogen-bond donors (Lipinski definition) is 1. The van der Waals surface area contributed by atoms with Gasteiger partial charge in [-0.25, -0.2) is 4.98 Å². The third-order valence-electron chi connectivity index (χ3n) is 3.25. The Labute approximate surface area is 158 Å². The predicted molar refractivity (Wildman–Crippen MR) is 104 cm³/mol. The molecule has 0 bridgehead atoms. The molecule has 0 saturated heterocycles. The van der Waals surface area contributed by atoms with Crippen molar-refractivity contribution in [3.8, 4) is 11.5 Å². The van der Waals surface area contributed by atoms with Gasteiger partial charge in [-0.05, 0) is 42.8 Å². The molecule has 3 aromatic rings. The van der Waals surface area contributed by atoms with Crippen molar-refractivity contribution in [1.29, 1.82) is 0 Å². The molecule has 130 valence electrons. The second kappa shape index (κ2) is 8.31. The Kier molecular flexibility index (Phi) is 5.88. The van der Waals surface area contributed by atoms with Crippen molar-refractivity contribution in [2.45, 2.75) is 13.3 Å². The van der Waals surface area contributed by atoms with Crippen molar-refractivity contribution in [2.75, 3.05) is 18.5 Å². The Morgan fingerprint density at radius 3 is 2.84 bits per heavy atom. The first-order chi connectivity index (χ1) is 12.1. The predicted octanol–water partition coefficient (Wildman–Crippen LogP) is 4.87. The highest BCUT2D eigenvalue weighted by atomic mass is 79.9. The summed E-state index contributed by atoms with van der Waals surface area (Å²) in [5, 5.41) is 3.32. The number of fused-ring (bicyclic) bond motifs is 1. The number of nitrogens with one attached hydrogen (secondary N) is 1. The number of aromatic nitrogens is 1. The number of thiazole rings is 1. The Morgan fingerprint density at radius 2 is 2.04 bits per heavy atom. The first kappa shape index (κ1) is 17.7. The van der Waals surface area contributed by atoms with Crippen molar-refractivity contribution in [2.24, 2.45) is 0 Å². The van der Waals surface area contributed by atoms with Gasteiger partial charge in [0.05, 0.1) is 16.8 Å². The van der Waals surface area contributed by atoms with Crippen LogP contribution in [0.15, 0.2) is 46.9 Å². The van der Waals surface area contributed by atoms with E-state index in [1.54, 1.807) is 6.07 Å². The first-order valence-electron chi connectivity index (χ1n) is 7.85. The summed E-state index contributed by atoms with van der Waals surface area (Å²) in [5.74, 6) is 1.20. The number of hydrogen-bond acceptors (Lipinski definition) is 5. The van der Waals surface area contributed by atoms with E-state index < -0.39 is 0 Å². The standard InChI is InChI=1S/C18H17BrN2O3S/c1-2-8-23-14-6-7-15-16(10-14)25-18(20-15)21-17(22)11-24-13-5-3-4-12(19)9-13/h3-7,9-10H,2,8,11H2,1H3,(H,20,21,22). The van der Waals surface area contributed by atoms with Crippen molar-refractivity contribution in [3.05, 3.63) is 46.9 Å². The van der Waals surface area contributed by atoms with E-state index in [2.05, 4.69) is 33.2 Å². The Balaban J connectivity index is 1.60. The fraction of sp³-hybridized carbons (Fsp3) is 0.222. The molecule has 5 nitrogen and oxygen atoms in total. The van der Waals surface area contributed by atoms with Crippen molar-refractivity contribution < 1.29 is 14.3 Å². The van der Waals surface area contributed by atoms with E-state index in [4.69, 9.17) is 9.47 Å². The number of ether oxygens (including phenoxy) is 2. The minimum absolute atomic E-state index is 0.0722. The lowest BCUT2D eigenvalue weighted by Crippen LogP contribution is -2.19. The summed E-state index contributed by atoms with van der Waals surface area (Å²) in [7, 11) is 0. The summed E-state index contributed by atoms with van der Waals surface area (Å²) in [6.07, 6.45) is 0.958. The summed E-state index contributed by atoms with van der Waals surface area (Å²) in [6.45, 7) is 2.67. The fourth-order valence-corrected chi connectivity index (χ4v) is 3.42. The van der Waals surface area contributed by atoms with Gasteiger partial charge in [0.25, 0.3) is 5.91 Å². The van der Waals surface area contributed by atoms with Crippen molar-refractivity contribution >= 4 is 48.5 Å². The molecule has 2 aromatic carbocycles. The lowest BCUT2D eigenvalue weighted by atomic mass is 10.3. The van der Waals surface area contributed by atoms with E-state index >= 15 is 0 Å². The molecule has 1 N–H and O–H groups in total. The second-order valence-electron chi connectivity index (χ2n) is 5.29. The monoisotopic (exact) mass is 420 g/mol. The molecule has 0 aliphatic carbocycles. The van der Waals surface area contributed by atoms with Crippen LogP contribution in [0.4, 0.5) is 5.13 Å². The van der Waals surface area contributed by atoms with Crippen LogP contribution in [0.1, 0.15) is 13.3 Å². The molecular weight excluding hydrogens is 404 g/mol. The van der Waals surface area contributed by atoms with E-state index in [9.17, 15) is 4.79 Å². The maximum atomic E-state index is 12.0. The van der Waals surface area contributed by atoms with Crippen LogP contribution in [0, 0.1) is 0 Å². The average Bonchev–Trinajstić information content (AvgIpc) is 2.99. The minimum Gasteiger partial charge on any atom is -0.494 e. The summed E-state index contributed by atoms with van der Waals surface area (Å²) in [6, 6.07) is 13.1. The third-order valence-corrected chi connectivity index (χ3v) is 4.67. The molecule has 1 aromatic heterocycles. The van der Waals surface area contributed by atoms with Gasteiger partial charge in [-0.2, -0.15) is 0 Å². The van der Waals surface area contributed by atoms with Crippen LogP contribution in [-0.4, -0.2) is 24.1 Å². The number of rotatable bonds is 7. The zero-order valence-electron chi connectivity index (χ0n) is 13.6. The van der Waals surface area contributed by atoms with Crippen LogP contribution < -0.4 is 14.8 Å². The molecule has 1 heterocycles. The van der Waals surface area contributed by atoms with Gasteiger partial charge in [-0.1, -0.05) is 40.3 Å². The summed E-state index contributed by atoms with van der Waals surface area (Å²) >= 11 is 4.78. The van der Waals surface area contributed by atoms with E-state index in [1.807, 2.05) is 36.4 Å². The zero-order valence-corrected chi connectivity index (χ0v) is 16.0. The molecule has 0 spiro atoms. The van der Waals surface area contributed by atoms with E-state index in [1.165, 1.54) is 11.3 Å². The fourth-order valence-electron chi connectivity index (χ4n) is 2.13. The second-order valence-corrected chi connectivity index (χ2v) is 7.24. The molecular formula is C18H17BrN2O3S. The quantitative estimate of drug-likeness (QED) is 0.592. The van der Waals surface area contributed by atoms with Crippen LogP contribution >= 0.6 is 27.3 Å². The number of benzene rings is 2. The highest BCUT2D eigenvalue weighted by Crippen LogP contribution is 2.29. The van der Waals surface area contributed by atoms with Crippen LogP contribution in [0.25, 0.3) is 10.2 Å². The molecule has 0 atom stereocenters. The van der Waals surface area contributed by atoms with Crippen molar-refractivity contribution in [1.82, 2.24) is 4.98 Å². The highest BCUT2D eigenvalue weighted by molar-refractivity contribution is 9.10. The Hall–Kier alpha value is -2.12. The van der Waals surface area contributed by atoms with Gasteiger partial charge >= 0.3 is 0 Å². The van der Waals surface area contributed by atoms with E-state index in [0.29, 0.717) is 17.5 Å². The molecule has 0 saturated carbocycles. The van der Waals surface area contributed by atoms with E-state index in [-0.39, 0.29) is 12.5 Å². The van der Waals surface area contributed by atoms with Gasteiger partial charge < -0.3 is 9.47 Å². The largest absolute Gasteiger partial charge is 0.494 e. The number of halogens is 1. The summed E-state index contributed by atoms with van der Waals surface area (Å²) in [5.41, 5.74) is 0.831. The van der Waals surface area contributed by atoms with Crippen LogP contribution in [-0.2, 0) is 4.79 Å². The molecule has 0 aliphatic heterocycles. The average molecular weight is 421 g/mol. The topological polar surface area (TPSA) is 60.5 Å². The number of carbonyl (C=O) groups is 1. The summed E-state index contributed by atoms with van der Waals surface area (Å²) < 4.78 is 13.0. The normalized spacial score (nSPS) is 10.6. The highest BCUT2D eigenvalue weighted by Gasteiger charge is 2.09. The Bertz CT molecular complexity index is 882. The number of carbonyl (C=O) groups excluding carboxylic acids is 1. The minimum atomic E-state index is -0.249. The van der Waals surface area contributed by atoms with Gasteiger partial charge in [-0.3, -0.25) is 10.1 Å². The SMILES string of the molecule is CCCOc1ccc2nc(NC(=O)COc3cccc(Br)c3)sc2c1. The van der Waals surface area contributed by atoms with Gasteiger partial charge in [0.1, 0.15) is 11.5 Å². The molecule has 0 unspecified atom stereocenters. The zero-order chi connectivity index (χ0) is 17.6. The molecule has 25 heavy (non-hydrogen) atoms. The molecule has 0 aliphatic rings. The lowest BCUT2D eigenvalue weighted by Gasteiger charge is -2.05.